The average molecular weight is 258 g/mol. The highest BCUT2D eigenvalue weighted by molar-refractivity contribution is 9.10. The summed E-state index contributed by atoms with van der Waals surface area (Å²) < 4.78 is 6.09. The zero-order chi connectivity index (χ0) is 10.7. The first kappa shape index (κ1) is 11.0. The Kier molecular flexibility index (Phi) is 3.52. The summed E-state index contributed by atoms with van der Waals surface area (Å²) in [5, 5.41) is 0. The van der Waals surface area contributed by atoms with Crippen LogP contribution >= 0.6 is 15.9 Å². The van der Waals surface area contributed by atoms with E-state index in [1.54, 1.807) is 12.1 Å². The maximum atomic E-state index is 11.2. The summed E-state index contributed by atoms with van der Waals surface area (Å²) in [7, 11) is 0. The summed E-state index contributed by atoms with van der Waals surface area (Å²) in [6.45, 7) is 3.92. The van der Waals surface area contributed by atoms with Crippen molar-refractivity contribution < 1.29 is 9.53 Å². The molecule has 0 fully saturated rings. The van der Waals surface area contributed by atoms with Crippen LogP contribution in [0.25, 0.3) is 0 Å². The predicted molar refractivity (Wildman–Crippen MR) is 59.7 cm³/mol. The highest BCUT2D eigenvalue weighted by Gasteiger charge is 2.10. The molecule has 1 aromatic rings. The van der Waals surface area contributed by atoms with Gasteiger partial charge in [0.1, 0.15) is 5.75 Å². The van der Waals surface area contributed by atoms with Gasteiger partial charge in [-0.25, -0.2) is 0 Å². The molecule has 0 saturated carbocycles. The van der Waals surface area contributed by atoms with Crippen molar-refractivity contribution in [2.45, 2.75) is 13.8 Å². The molecule has 0 atom stereocenters. The first-order valence-electron chi connectivity index (χ1n) is 4.29. The fraction of sp³-hybridized carbons (Fsp3) is 0.300. The minimum absolute atomic E-state index is 0.0593. The van der Waals surface area contributed by atoms with Crippen molar-refractivity contribution >= 4 is 27.4 Å². The third kappa shape index (κ3) is 2.26. The molecule has 0 spiro atoms. The second-order valence-electron chi connectivity index (χ2n) is 2.86. The molecule has 0 amide bonds. The molecule has 0 radical (unpaired) electrons. The van der Waals surface area contributed by atoms with Gasteiger partial charge in [0, 0.05) is 11.3 Å². The SMILES string of the molecule is CCOc1cc(C(C)=O)c(N)cc1Br. The molecule has 4 heteroatoms. The molecule has 3 nitrogen and oxygen atoms in total. The summed E-state index contributed by atoms with van der Waals surface area (Å²) in [6, 6.07) is 3.34. The lowest BCUT2D eigenvalue weighted by atomic mass is 10.1. The number of rotatable bonds is 3. The van der Waals surface area contributed by atoms with Crippen molar-refractivity contribution in [3.05, 3.63) is 22.2 Å². The third-order valence-electron chi connectivity index (χ3n) is 1.78. The van der Waals surface area contributed by atoms with Crippen molar-refractivity contribution in [3.8, 4) is 5.75 Å². The summed E-state index contributed by atoms with van der Waals surface area (Å²) in [5.74, 6) is 0.586. The Labute approximate surface area is 91.4 Å². The highest BCUT2D eigenvalue weighted by atomic mass is 79.9. The fourth-order valence-electron chi connectivity index (χ4n) is 1.14. The third-order valence-corrected chi connectivity index (χ3v) is 2.40. The van der Waals surface area contributed by atoms with Crippen LogP contribution in [-0.4, -0.2) is 12.4 Å². The smallest absolute Gasteiger partial charge is 0.162 e. The number of nitrogens with two attached hydrogens (primary N) is 1. The van der Waals surface area contributed by atoms with Gasteiger partial charge in [-0.05, 0) is 41.9 Å². The number of hydrogen-bond acceptors (Lipinski definition) is 3. The quantitative estimate of drug-likeness (QED) is 0.669. The molecule has 0 saturated heterocycles. The molecule has 2 N–H and O–H groups in total. The second kappa shape index (κ2) is 4.46. The molecular weight excluding hydrogens is 246 g/mol. The minimum atomic E-state index is -0.0593. The van der Waals surface area contributed by atoms with Crippen molar-refractivity contribution in [2.75, 3.05) is 12.3 Å². The number of benzene rings is 1. The Morgan fingerprint density at radius 1 is 1.57 bits per heavy atom. The summed E-state index contributed by atoms with van der Waals surface area (Å²) in [6.07, 6.45) is 0. The van der Waals surface area contributed by atoms with Gasteiger partial charge in [0.25, 0.3) is 0 Å². The average Bonchev–Trinajstić information content (AvgIpc) is 2.09. The Morgan fingerprint density at radius 3 is 2.71 bits per heavy atom. The second-order valence-corrected chi connectivity index (χ2v) is 3.71. The Morgan fingerprint density at radius 2 is 2.21 bits per heavy atom. The van der Waals surface area contributed by atoms with Crippen molar-refractivity contribution in [1.82, 2.24) is 0 Å². The maximum Gasteiger partial charge on any atom is 0.162 e. The lowest BCUT2D eigenvalue weighted by Crippen LogP contribution is -2.02. The van der Waals surface area contributed by atoms with Crippen molar-refractivity contribution in [3.63, 3.8) is 0 Å². The molecule has 76 valence electrons. The first-order valence-corrected chi connectivity index (χ1v) is 5.08. The van der Waals surface area contributed by atoms with Crippen LogP contribution in [0.2, 0.25) is 0 Å². The molecule has 0 aromatic heterocycles. The van der Waals surface area contributed by atoms with E-state index in [0.29, 0.717) is 23.6 Å². The van der Waals surface area contributed by atoms with E-state index < -0.39 is 0 Å². The van der Waals surface area contributed by atoms with Gasteiger partial charge in [0.2, 0.25) is 0 Å². The molecule has 0 aliphatic carbocycles. The van der Waals surface area contributed by atoms with Crippen LogP contribution in [0.15, 0.2) is 16.6 Å². The lowest BCUT2D eigenvalue weighted by Gasteiger charge is -2.09. The standard InChI is InChI=1S/C10H12BrNO2/c1-3-14-10-4-7(6(2)13)9(12)5-8(10)11/h4-5H,3,12H2,1-2H3. The zero-order valence-electron chi connectivity index (χ0n) is 8.13. The van der Waals surface area contributed by atoms with Gasteiger partial charge in [-0.1, -0.05) is 0 Å². The van der Waals surface area contributed by atoms with Gasteiger partial charge < -0.3 is 10.5 Å². The molecule has 0 unspecified atom stereocenters. The van der Waals surface area contributed by atoms with E-state index in [1.807, 2.05) is 6.92 Å². The number of nitrogen functional groups attached to an aromatic ring is 1. The Balaban J connectivity index is 3.20. The number of ketones is 1. The van der Waals surface area contributed by atoms with E-state index in [0.717, 1.165) is 4.47 Å². The largest absolute Gasteiger partial charge is 0.493 e. The number of carbonyl (C=O) groups excluding carboxylic acids is 1. The minimum Gasteiger partial charge on any atom is -0.493 e. The topological polar surface area (TPSA) is 52.3 Å². The molecule has 0 heterocycles. The summed E-state index contributed by atoms with van der Waals surface area (Å²) in [5.41, 5.74) is 6.64. The predicted octanol–water partition coefficient (Wildman–Crippen LogP) is 2.63. The Hall–Kier alpha value is -1.03. The van der Waals surface area contributed by atoms with Gasteiger partial charge >= 0.3 is 0 Å². The Bertz CT molecular complexity index is 363. The number of anilines is 1. The first-order chi connectivity index (χ1) is 6.56. The summed E-state index contributed by atoms with van der Waals surface area (Å²) in [4.78, 5) is 11.2. The van der Waals surface area contributed by atoms with Crippen LogP contribution in [0.5, 0.6) is 5.75 Å². The monoisotopic (exact) mass is 257 g/mol. The molecule has 14 heavy (non-hydrogen) atoms. The van der Waals surface area contributed by atoms with E-state index in [2.05, 4.69) is 15.9 Å². The van der Waals surface area contributed by atoms with Crippen molar-refractivity contribution in [2.24, 2.45) is 0 Å². The molecule has 0 aliphatic heterocycles. The van der Waals surface area contributed by atoms with Crippen LogP contribution < -0.4 is 10.5 Å². The summed E-state index contributed by atoms with van der Waals surface area (Å²) >= 11 is 3.32. The molecule has 1 rings (SSSR count). The number of hydrogen-bond donors (Lipinski definition) is 1. The fourth-order valence-corrected chi connectivity index (χ4v) is 1.62. The van der Waals surface area contributed by atoms with E-state index in [4.69, 9.17) is 10.5 Å². The maximum absolute atomic E-state index is 11.2. The van der Waals surface area contributed by atoms with Gasteiger partial charge in [-0.15, -0.1) is 0 Å². The number of Topliss-reactive ketones (excluding diaryl/α,β-unsaturated/α-hetero) is 1. The van der Waals surface area contributed by atoms with Gasteiger partial charge in [-0.2, -0.15) is 0 Å². The molecular formula is C10H12BrNO2. The van der Waals surface area contributed by atoms with Crippen LogP contribution in [0.3, 0.4) is 0 Å². The van der Waals surface area contributed by atoms with Crippen LogP contribution in [0, 0.1) is 0 Å². The normalized spacial score (nSPS) is 9.93. The van der Waals surface area contributed by atoms with Gasteiger partial charge in [0.05, 0.1) is 11.1 Å². The number of carbonyl (C=O) groups is 1. The highest BCUT2D eigenvalue weighted by Crippen LogP contribution is 2.30. The van der Waals surface area contributed by atoms with Crippen LogP contribution in [0.1, 0.15) is 24.2 Å². The van der Waals surface area contributed by atoms with E-state index in [-0.39, 0.29) is 5.78 Å². The van der Waals surface area contributed by atoms with Crippen LogP contribution in [0.4, 0.5) is 5.69 Å². The van der Waals surface area contributed by atoms with Crippen molar-refractivity contribution in [1.29, 1.82) is 0 Å². The zero-order valence-corrected chi connectivity index (χ0v) is 9.72. The number of halogens is 1. The van der Waals surface area contributed by atoms with Gasteiger partial charge in [0.15, 0.2) is 5.78 Å². The lowest BCUT2D eigenvalue weighted by molar-refractivity contribution is 0.101. The van der Waals surface area contributed by atoms with E-state index in [1.165, 1.54) is 6.92 Å². The number of ether oxygens (including phenoxy) is 1. The molecule has 0 bridgehead atoms. The van der Waals surface area contributed by atoms with E-state index in [9.17, 15) is 4.79 Å². The van der Waals surface area contributed by atoms with Gasteiger partial charge in [-0.3, -0.25) is 4.79 Å². The van der Waals surface area contributed by atoms with Crippen LogP contribution in [-0.2, 0) is 0 Å². The molecule has 1 aromatic carbocycles. The van der Waals surface area contributed by atoms with E-state index >= 15 is 0 Å². The molecule has 0 aliphatic rings.